The van der Waals surface area contributed by atoms with Crippen LogP contribution in [0, 0.1) is 0 Å². The molecule has 1 atom stereocenters. The number of benzene rings is 2. The summed E-state index contributed by atoms with van der Waals surface area (Å²) in [7, 11) is 0. The lowest BCUT2D eigenvalue weighted by Gasteiger charge is -2.32. The summed E-state index contributed by atoms with van der Waals surface area (Å²) >= 11 is 0. The SMILES string of the molecule is CC(=O)c1ccc(O)c(C(CCN(C(C)C)C(C)C)c2ccccc2)c1.Cl. The second-order valence-electron chi connectivity index (χ2n) is 7.51. The lowest BCUT2D eigenvalue weighted by molar-refractivity contribution is 0.101. The van der Waals surface area contributed by atoms with Crippen molar-refractivity contribution in [2.45, 2.75) is 59.0 Å². The number of phenolic OH excluding ortho intramolecular Hbond substituents is 1. The third kappa shape index (κ3) is 6.08. The van der Waals surface area contributed by atoms with Gasteiger partial charge in [-0.1, -0.05) is 30.3 Å². The van der Waals surface area contributed by atoms with Crippen LogP contribution in [-0.2, 0) is 0 Å². The molecule has 0 fully saturated rings. The highest BCUT2D eigenvalue weighted by molar-refractivity contribution is 5.94. The van der Waals surface area contributed by atoms with Crippen molar-refractivity contribution >= 4 is 18.2 Å². The molecule has 0 spiro atoms. The summed E-state index contributed by atoms with van der Waals surface area (Å²) in [6.45, 7) is 11.3. The van der Waals surface area contributed by atoms with Crippen molar-refractivity contribution < 1.29 is 9.90 Å². The zero-order chi connectivity index (χ0) is 19.3. The molecule has 0 saturated carbocycles. The minimum atomic E-state index is 0. The maximum atomic E-state index is 11.8. The molecule has 0 saturated heterocycles. The van der Waals surface area contributed by atoms with Gasteiger partial charge < -0.3 is 5.11 Å². The maximum Gasteiger partial charge on any atom is 0.159 e. The molecule has 0 bridgehead atoms. The number of carbonyl (C=O) groups excluding carboxylic acids is 1. The highest BCUT2D eigenvalue weighted by atomic mass is 35.5. The quantitative estimate of drug-likeness (QED) is 0.592. The smallest absolute Gasteiger partial charge is 0.159 e. The van der Waals surface area contributed by atoms with Crippen LogP contribution in [-0.4, -0.2) is 34.4 Å². The molecule has 0 radical (unpaired) electrons. The van der Waals surface area contributed by atoms with Crippen LogP contribution >= 0.6 is 12.4 Å². The van der Waals surface area contributed by atoms with Crippen molar-refractivity contribution in [1.82, 2.24) is 4.90 Å². The molecule has 2 aromatic carbocycles. The number of phenols is 1. The molecule has 4 heteroatoms. The Morgan fingerprint density at radius 3 is 2.11 bits per heavy atom. The molecular formula is C23H32ClNO2. The van der Waals surface area contributed by atoms with Crippen molar-refractivity contribution in [3.63, 3.8) is 0 Å². The summed E-state index contributed by atoms with van der Waals surface area (Å²) in [5.41, 5.74) is 2.63. The van der Waals surface area contributed by atoms with Crippen LogP contribution in [0.3, 0.4) is 0 Å². The Bertz CT molecular complexity index is 720. The second-order valence-corrected chi connectivity index (χ2v) is 7.51. The van der Waals surface area contributed by atoms with E-state index < -0.39 is 0 Å². The number of aromatic hydroxyl groups is 1. The first-order chi connectivity index (χ1) is 12.3. The van der Waals surface area contributed by atoms with E-state index >= 15 is 0 Å². The summed E-state index contributed by atoms with van der Waals surface area (Å²) in [5.74, 6) is 0.323. The monoisotopic (exact) mass is 389 g/mol. The second kappa shape index (κ2) is 10.5. The average molecular weight is 390 g/mol. The Hall–Kier alpha value is -1.84. The summed E-state index contributed by atoms with van der Waals surface area (Å²) in [6, 6.07) is 16.4. The van der Waals surface area contributed by atoms with E-state index in [1.807, 2.05) is 24.3 Å². The highest BCUT2D eigenvalue weighted by Crippen LogP contribution is 2.35. The van der Waals surface area contributed by atoms with Crippen molar-refractivity contribution in [2.24, 2.45) is 0 Å². The largest absolute Gasteiger partial charge is 0.508 e. The van der Waals surface area contributed by atoms with Gasteiger partial charge in [0.05, 0.1) is 0 Å². The zero-order valence-corrected chi connectivity index (χ0v) is 17.8. The van der Waals surface area contributed by atoms with Crippen molar-refractivity contribution in [1.29, 1.82) is 0 Å². The summed E-state index contributed by atoms with van der Waals surface area (Å²) in [4.78, 5) is 14.3. The highest BCUT2D eigenvalue weighted by Gasteiger charge is 2.22. The molecule has 3 nitrogen and oxygen atoms in total. The van der Waals surface area contributed by atoms with Crippen LogP contribution in [0.2, 0.25) is 0 Å². The Labute approximate surface area is 169 Å². The summed E-state index contributed by atoms with van der Waals surface area (Å²) in [5, 5.41) is 10.5. The van der Waals surface area contributed by atoms with Crippen LogP contribution in [0.5, 0.6) is 5.75 Å². The number of rotatable bonds is 8. The minimum absolute atomic E-state index is 0. The molecule has 1 N–H and O–H groups in total. The van der Waals surface area contributed by atoms with Crippen molar-refractivity contribution in [2.75, 3.05) is 6.54 Å². The molecule has 0 aromatic heterocycles. The number of hydrogen-bond acceptors (Lipinski definition) is 3. The third-order valence-corrected chi connectivity index (χ3v) is 5.01. The lowest BCUT2D eigenvalue weighted by Crippen LogP contribution is -2.38. The van der Waals surface area contributed by atoms with Gasteiger partial charge in [-0.2, -0.15) is 0 Å². The Balaban J connectivity index is 0.00000364. The van der Waals surface area contributed by atoms with E-state index in [0.717, 1.165) is 24.1 Å². The molecule has 1 unspecified atom stereocenters. The number of ketones is 1. The van der Waals surface area contributed by atoms with Crippen LogP contribution in [0.15, 0.2) is 48.5 Å². The van der Waals surface area contributed by atoms with Gasteiger partial charge >= 0.3 is 0 Å². The molecular weight excluding hydrogens is 358 g/mol. The minimum Gasteiger partial charge on any atom is -0.508 e. The van der Waals surface area contributed by atoms with E-state index in [0.29, 0.717) is 17.6 Å². The molecule has 148 valence electrons. The molecule has 0 amide bonds. The molecule has 0 aliphatic heterocycles. The van der Waals surface area contributed by atoms with E-state index in [1.54, 1.807) is 19.1 Å². The fraction of sp³-hybridized carbons (Fsp3) is 0.435. The van der Waals surface area contributed by atoms with Gasteiger partial charge in [-0.3, -0.25) is 9.69 Å². The molecule has 2 rings (SSSR count). The first-order valence-electron chi connectivity index (χ1n) is 9.45. The number of nitrogens with zero attached hydrogens (tertiary/aromatic N) is 1. The third-order valence-electron chi connectivity index (χ3n) is 5.01. The van der Waals surface area contributed by atoms with Gasteiger partial charge in [-0.15, -0.1) is 12.4 Å². The molecule has 27 heavy (non-hydrogen) atoms. The molecule has 0 aliphatic rings. The Morgan fingerprint density at radius 2 is 1.59 bits per heavy atom. The topological polar surface area (TPSA) is 40.5 Å². The van der Waals surface area contributed by atoms with Gasteiger partial charge in [0.1, 0.15) is 5.75 Å². The number of Topliss-reactive ketones (excluding diaryl/α,β-unsaturated/α-hetero) is 1. The maximum absolute atomic E-state index is 11.8. The van der Waals surface area contributed by atoms with E-state index in [-0.39, 0.29) is 29.9 Å². The molecule has 2 aromatic rings. The van der Waals surface area contributed by atoms with Crippen LogP contribution in [0.1, 0.15) is 68.4 Å². The van der Waals surface area contributed by atoms with E-state index in [1.165, 1.54) is 0 Å². The summed E-state index contributed by atoms with van der Waals surface area (Å²) < 4.78 is 0. The zero-order valence-electron chi connectivity index (χ0n) is 17.0. The summed E-state index contributed by atoms with van der Waals surface area (Å²) in [6.07, 6.45) is 0.884. The van der Waals surface area contributed by atoms with Crippen molar-refractivity contribution in [3.8, 4) is 5.75 Å². The number of halogens is 1. The lowest BCUT2D eigenvalue weighted by atomic mass is 9.86. The normalized spacial score (nSPS) is 12.3. The Morgan fingerprint density at radius 1 is 1.00 bits per heavy atom. The fourth-order valence-corrected chi connectivity index (χ4v) is 3.63. The predicted octanol–water partition coefficient (Wildman–Crippen LogP) is 5.66. The molecule has 0 aliphatic carbocycles. The average Bonchev–Trinajstić information content (AvgIpc) is 2.59. The Kier molecular flexibility index (Phi) is 9.01. The van der Waals surface area contributed by atoms with E-state index in [9.17, 15) is 9.90 Å². The van der Waals surface area contributed by atoms with Gasteiger partial charge in [-0.25, -0.2) is 0 Å². The van der Waals surface area contributed by atoms with Crippen molar-refractivity contribution in [3.05, 3.63) is 65.2 Å². The van der Waals surface area contributed by atoms with E-state index in [2.05, 4.69) is 44.7 Å². The van der Waals surface area contributed by atoms with Crippen LogP contribution < -0.4 is 0 Å². The van der Waals surface area contributed by atoms with Gasteiger partial charge in [0.25, 0.3) is 0 Å². The fourth-order valence-electron chi connectivity index (χ4n) is 3.63. The predicted molar refractivity (Wildman–Crippen MR) is 115 cm³/mol. The van der Waals surface area contributed by atoms with Crippen LogP contribution in [0.4, 0.5) is 0 Å². The van der Waals surface area contributed by atoms with Gasteiger partial charge in [-0.05, 0) is 71.3 Å². The first kappa shape index (κ1) is 23.2. The molecule has 0 heterocycles. The van der Waals surface area contributed by atoms with Gasteiger partial charge in [0.2, 0.25) is 0 Å². The van der Waals surface area contributed by atoms with Gasteiger partial charge in [0, 0.05) is 29.1 Å². The standard InChI is InChI=1S/C23H31NO2.ClH/c1-16(2)24(17(3)4)14-13-21(19-9-7-6-8-10-19)22-15-20(18(5)25)11-12-23(22)26;/h6-12,15-17,21,26H,13-14H2,1-5H3;1H. The number of hydrogen-bond donors (Lipinski definition) is 1. The first-order valence-corrected chi connectivity index (χ1v) is 9.45. The van der Waals surface area contributed by atoms with Gasteiger partial charge in [0.15, 0.2) is 5.78 Å². The number of carbonyl (C=O) groups is 1. The van der Waals surface area contributed by atoms with E-state index in [4.69, 9.17) is 0 Å². The van der Waals surface area contributed by atoms with Crippen LogP contribution in [0.25, 0.3) is 0 Å².